The molecular formula is C20H20N2O2. The Kier molecular flexibility index (Phi) is 4.47. The predicted molar refractivity (Wildman–Crippen MR) is 97.1 cm³/mol. The maximum Gasteiger partial charge on any atom is 0.334 e. The molecule has 1 aliphatic rings. The van der Waals surface area contributed by atoms with Crippen molar-refractivity contribution >= 4 is 23.6 Å². The number of amidine groups is 1. The molecule has 4 nitrogen and oxygen atoms in total. The van der Waals surface area contributed by atoms with E-state index < -0.39 is 0 Å². The van der Waals surface area contributed by atoms with Crippen molar-refractivity contribution in [3.8, 4) is 11.1 Å². The van der Waals surface area contributed by atoms with Crippen molar-refractivity contribution < 1.29 is 9.53 Å². The number of esters is 1. The van der Waals surface area contributed by atoms with Crippen LogP contribution in [0.1, 0.15) is 24.5 Å². The Morgan fingerprint density at radius 3 is 2.75 bits per heavy atom. The molecule has 0 fully saturated rings. The molecule has 2 N–H and O–H groups in total. The van der Waals surface area contributed by atoms with E-state index in [-0.39, 0.29) is 5.97 Å². The van der Waals surface area contributed by atoms with Gasteiger partial charge in [-0.1, -0.05) is 35.9 Å². The van der Waals surface area contributed by atoms with Crippen LogP contribution in [0.2, 0.25) is 0 Å². The lowest BCUT2D eigenvalue weighted by Gasteiger charge is -2.07. The van der Waals surface area contributed by atoms with Gasteiger partial charge in [0.25, 0.3) is 0 Å². The highest BCUT2D eigenvalue weighted by molar-refractivity contribution is 6.03. The monoisotopic (exact) mass is 320 g/mol. The number of carbonyl (C=O) groups excluding carboxylic acids is 1. The summed E-state index contributed by atoms with van der Waals surface area (Å²) in [7, 11) is 0. The number of carbonyl (C=O) groups is 1. The fraction of sp³-hybridized carbons (Fsp3) is 0.200. The summed E-state index contributed by atoms with van der Waals surface area (Å²) in [4.78, 5) is 16.5. The molecule has 0 saturated carbocycles. The van der Waals surface area contributed by atoms with Crippen LogP contribution in [0, 0.1) is 6.92 Å². The molecule has 0 bridgehead atoms. The third-order valence-electron chi connectivity index (χ3n) is 3.88. The van der Waals surface area contributed by atoms with Gasteiger partial charge in [0.15, 0.2) is 0 Å². The number of ether oxygens (including phenoxy) is 1. The Bertz CT molecular complexity index is 850. The summed E-state index contributed by atoms with van der Waals surface area (Å²) in [6.07, 6.45) is 2.13. The van der Waals surface area contributed by atoms with Gasteiger partial charge in [0, 0.05) is 17.6 Å². The molecule has 0 radical (unpaired) electrons. The van der Waals surface area contributed by atoms with Gasteiger partial charge in [0.05, 0.1) is 12.3 Å². The Balaban J connectivity index is 2.07. The molecule has 24 heavy (non-hydrogen) atoms. The smallest absolute Gasteiger partial charge is 0.334 e. The minimum absolute atomic E-state index is 0.299. The molecule has 2 aromatic rings. The summed E-state index contributed by atoms with van der Waals surface area (Å²) in [5.41, 5.74) is 11.5. The van der Waals surface area contributed by atoms with Crippen molar-refractivity contribution in [2.24, 2.45) is 10.7 Å². The van der Waals surface area contributed by atoms with Crippen LogP contribution in [-0.4, -0.2) is 18.4 Å². The SMILES string of the molecule is CCOC(=O)C1=Cc2cc(-c3cccc(C)c3)ccc2N=C(N)C1. The highest BCUT2D eigenvalue weighted by Gasteiger charge is 2.17. The molecule has 2 aromatic carbocycles. The van der Waals surface area contributed by atoms with Gasteiger partial charge < -0.3 is 10.5 Å². The van der Waals surface area contributed by atoms with Gasteiger partial charge in [-0.3, -0.25) is 0 Å². The van der Waals surface area contributed by atoms with E-state index in [2.05, 4.69) is 30.1 Å². The van der Waals surface area contributed by atoms with Crippen LogP contribution in [-0.2, 0) is 9.53 Å². The third-order valence-corrected chi connectivity index (χ3v) is 3.88. The zero-order chi connectivity index (χ0) is 17.1. The zero-order valence-electron chi connectivity index (χ0n) is 13.9. The summed E-state index contributed by atoms with van der Waals surface area (Å²) in [5, 5.41) is 0. The average molecular weight is 320 g/mol. The van der Waals surface area contributed by atoms with Crippen LogP contribution in [0.3, 0.4) is 0 Å². The number of nitrogens with two attached hydrogens (primary N) is 1. The molecule has 0 atom stereocenters. The summed E-state index contributed by atoms with van der Waals surface area (Å²) >= 11 is 0. The number of aryl methyl sites for hydroxylation is 1. The first kappa shape index (κ1) is 16.0. The highest BCUT2D eigenvalue weighted by Crippen LogP contribution is 2.31. The van der Waals surface area contributed by atoms with Gasteiger partial charge >= 0.3 is 5.97 Å². The average Bonchev–Trinajstić information content (AvgIpc) is 2.72. The molecular weight excluding hydrogens is 300 g/mol. The van der Waals surface area contributed by atoms with E-state index in [1.54, 1.807) is 6.92 Å². The minimum atomic E-state index is -0.343. The van der Waals surface area contributed by atoms with Crippen molar-refractivity contribution in [3.63, 3.8) is 0 Å². The molecule has 1 aliphatic heterocycles. The first-order chi connectivity index (χ1) is 11.6. The maximum absolute atomic E-state index is 12.1. The number of aliphatic imine (C=N–C) groups is 1. The van der Waals surface area contributed by atoms with Crippen LogP contribution in [0.5, 0.6) is 0 Å². The van der Waals surface area contributed by atoms with Crippen molar-refractivity contribution in [1.82, 2.24) is 0 Å². The Hall–Kier alpha value is -2.88. The number of hydrogen-bond acceptors (Lipinski definition) is 4. The quantitative estimate of drug-likeness (QED) is 0.869. The molecule has 4 heteroatoms. The predicted octanol–water partition coefficient (Wildman–Crippen LogP) is 4.00. The number of fused-ring (bicyclic) bond motifs is 1. The van der Waals surface area contributed by atoms with Crippen LogP contribution in [0.15, 0.2) is 53.0 Å². The second-order valence-electron chi connectivity index (χ2n) is 5.81. The number of hydrogen-bond donors (Lipinski definition) is 1. The lowest BCUT2D eigenvalue weighted by Crippen LogP contribution is -2.16. The van der Waals surface area contributed by atoms with Crippen molar-refractivity contribution in [1.29, 1.82) is 0 Å². The molecule has 122 valence electrons. The first-order valence-corrected chi connectivity index (χ1v) is 7.98. The fourth-order valence-corrected chi connectivity index (χ4v) is 2.76. The lowest BCUT2D eigenvalue weighted by molar-refractivity contribution is -0.138. The number of benzene rings is 2. The normalized spacial score (nSPS) is 13.4. The molecule has 0 unspecified atom stereocenters. The standard InChI is InChI=1S/C20H20N2O2/c1-3-24-20(23)17-11-16-10-15(14-6-4-5-13(2)9-14)7-8-18(16)22-19(21)12-17/h4-11H,3,12H2,1-2H3,(H2,21,22). The number of rotatable bonds is 3. The molecule has 0 amide bonds. The van der Waals surface area contributed by atoms with E-state index in [0.717, 1.165) is 22.4 Å². The van der Waals surface area contributed by atoms with Crippen LogP contribution < -0.4 is 5.73 Å². The molecule has 0 aliphatic carbocycles. The maximum atomic E-state index is 12.1. The minimum Gasteiger partial charge on any atom is -0.463 e. The van der Waals surface area contributed by atoms with E-state index >= 15 is 0 Å². The molecule has 0 saturated heterocycles. The molecule has 3 rings (SSSR count). The second kappa shape index (κ2) is 6.71. The van der Waals surface area contributed by atoms with Gasteiger partial charge in [0.2, 0.25) is 0 Å². The van der Waals surface area contributed by atoms with E-state index in [1.165, 1.54) is 5.56 Å². The Labute approximate surface area is 141 Å². The topological polar surface area (TPSA) is 64.7 Å². The molecule has 0 aromatic heterocycles. The van der Waals surface area contributed by atoms with E-state index in [0.29, 0.717) is 24.4 Å². The van der Waals surface area contributed by atoms with E-state index in [9.17, 15) is 4.79 Å². The Morgan fingerprint density at radius 1 is 1.21 bits per heavy atom. The molecule has 0 spiro atoms. The summed E-state index contributed by atoms with van der Waals surface area (Å²) in [6, 6.07) is 14.3. The van der Waals surface area contributed by atoms with E-state index in [4.69, 9.17) is 10.5 Å². The number of nitrogens with zero attached hydrogens (tertiary/aromatic N) is 1. The summed E-state index contributed by atoms with van der Waals surface area (Å²) in [5.74, 6) is 0.0702. The van der Waals surface area contributed by atoms with Crippen molar-refractivity contribution in [2.45, 2.75) is 20.3 Å². The van der Waals surface area contributed by atoms with E-state index in [1.807, 2.05) is 30.3 Å². The van der Waals surface area contributed by atoms with Crippen molar-refractivity contribution in [2.75, 3.05) is 6.61 Å². The van der Waals surface area contributed by atoms with Gasteiger partial charge in [-0.15, -0.1) is 0 Å². The summed E-state index contributed by atoms with van der Waals surface area (Å²) in [6.45, 7) is 4.19. The first-order valence-electron chi connectivity index (χ1n) is 7.98. The molecule has 1 heterocycles. The second-order valence-corrected chi connectivity index (χ2v) is 5.81. The van der Waals surface area contributed by atoms with Crippen LogP contribution in [0.25, 0.3) is 17.2 Å². The van der Waals surface area contributed by atoms with Gasteiger partial charge in [-0.05, 0) is 43.2 Å². The lowest BCUT2D eigenvalue weighted by atomic mass is 9.99. The van der Waals surface area contributed by atoms with Crippen molar-refractivity contribution in [3.05, 3.63) is 59.2 Å². The Morgan fingerprint density at radius 2 is 2.00 bits per heavy atom. The summed E-state index contributed by atoms with van der Waals surface area (Å²) < 4.78 is 5.11. The van der Waals surface area contributed by atoms with Gasteiger partial charge in [-0.25, -0.2) is 9.79 Å². The van der Waals surface area contributed by atoms with Crippen LogP contribution >= 0.6 is 0 Å². The van der Waals surface area contributed by atoms with Gasteiger partial charge in [-0.2, -0.15) is 0 Å². The fourth-order valence-electron chi connectivity index (χ4n) is 2.76. The third kappa shape index (κ3) is 3.38. The highest BCUT2D eigenvalue weighted by atomic mass is 16.5. The zero-order valence-corrected chi connectivity index (χ0v) is 13.9. The van der Waals surface area contributed by atoms with Crippen LogP contribution in [0.4, 0.5) is 5.69 Å². The largest absolute Gasteiger partial charge is 0.463 e. The van der Waals surface area contributed by atoms with Gasteiger partial charge in [0.1, 0.15) is 5.84 Å².